The molecule has 1 aromatic rings. The van der Waals surface area contributed by atoms with E-state index >= 15 is 0 Å². The summed E-state index contributed by atoms with van der Waals surface area (Å²) < 4.78 is 19.9. The van der Waals surface area contributed by atoms with Gasteiger partial charge < -0.3 is 9.84 Å². The van der Waals surface area contributed by atoms with Crippen molar-refractivity contribution in [3.05, 3.63) is 34.1 Å². The van der Waals surface area contributed by atoms with E-state index in [-0.39, 0.29) is 5.82 Å². The zero-order valence-electron chi connectivity index (χ0n) is 12.6. The van der Waals surface area contributed by atoms with Crippen molar-refractivity contribution in [1.82, 2.24) is 0 Å². The molecule has 0 aromatic heterocycles. The van der Waals surface area contributed by atoms with Gasteiger partial charge in [-0.3, -0.25) is 0 Å². The second kappa shape index (κ2) is 7.70. The Labute approximate surface area is 134 Å². The summed E-state index contributed by atoms with van der Waals surface area (Å²) in [6, 6.07) is 4.62. The molecule has 1 fully saturated rings. The molecule has 1 atom stereocenters. The molecular weight excluding hydrogens is 335 g/mol. The van der Waals surface area contributed by atoms with Gasteiger partial charge in [0.15, 0.2) is 0 Å². The minimum Gasteiger partial charge on any atom is -0.390 e. The van der Waals surface area contributed by atoms with Crippen molar-refractivity contribution in [2.75, 3.05) is 6.61 Å². The third kappa shape index (κ3) is 4.27. The van der Waals surface area contributed by atoms with E-state index in [4.69, 9.17) is 4.74 Å². The third-order valence-electron chi connectivity index (χ3n) is 4.42. The molecule has 0 radical (unpaired) electrons. The predicted octanol–water partition coefficient (Wildman–Crippen LogP) is 4.62. The van der Waals surface area contributed by atoms with Crippen LogP contribution in [-0.2, 0) is 11.2 Å². The first-order valence-electron chi connectivity index (χ1n) is 7.83. The smallest absolute Gasteiger partial charge is 0.124 e. The molecule has 0 saturated heterocycles. The van der Waals surface area contributed by atoms with E-state index in [1.807, 2.05) is 6.92 Å². The van der Waals surface area contributed by atoms with Gasteiger partial charge in [-0.1, -0.05) is 47.7 Å². The van der Waals surface area contributed by atoms with E-state index in [0.29, 0.717) is 17.5 Å². The molecule has 1 aliphatic rings. The van der Waals surface area contributed by atoms with Crippen LogP contribution >= 0.6 is 15.9 Å². The fourth-order valence-corrected chi connectivity index (χ4v) is 3.78. The third-order valence-corrected chi connectivity index (χ3v) is 5.16. The van der Waals surface area contributed by atoms with Crippen molar-refractivity contribution in [3.63, 3.8) is 0 Å². The summed E-state index contributed by atoms with van der Waals surface area (Å²) in [4.78, 5) is 0. The van der Waals surface area contributed by atoms with Crippen LogP contribution in [0.25, 0.3) is 0 Å². The Hall–Kier alpha value is -0.450. The molecule has 1 saturated carbocycles. The van der Waals surface area contributed by atoms with Gasteiger partial charge in [0.2, 0.25) is 0 Å². The molecule has 118 valence electrons. The summed E-state index contributed by atoms with van der Waals surface area (Å²) in [7, 11) is 0. The van der Waals surface area contributed by atoms with Gasteiger partial charge in [-0.2, -0.15) is 0 Å². The molecule has 4 heteroatoms. The maximum atomic E-state index is 13.2. The Morgan fingerprint density at radius 2 is 1.95 bits per heavy atom. The fourth-order valence-electron chi connectivity index (χ4n) is 3.27. The molecule has 1 aromatic carbocycles. The number of benzene rings is 1. The van der Waals surface area contributed by atoms with E-state index in [9.17, 15) is 9.50 Å². The highest BCUT2D eigenvalue weighted by molar-refractivity contribution is 9.10. The fraction of sp³-hybridized carbons (Fsp3) is 0.647. The Morgan fingerprint density at radius 3 is 2.52 bits per heavy atom. The summed E-state index contributed by atoms with van der Waals surface area (Å²) in [6.07, 6.45) is 6.35. The molecule has 21 heavy (non-hydrogen) atoms. The van der Waals surface area contributed by atoms with Gasteiger partial charge in [-0.05, 0) is 37.5 Å². The van der Waals surface area contributed by atoms with E-state index in [1.54, 1.807) is 6.07 Å². The van der Waals surface area contributed by atoms with Crippen molar-refractivity contribution < 1.29 is 14.2 Å². The highest BCUT2D eigenvalue weighted by Gasteiger charge is 2.39. The molecule has 1 unspecified atom stereocenters. The second-order valence-electron chi connectivity index (χ2n) is 5.87. The van der Waals surface area contributed by atoms with Gasteiger partial charge in [-0.15, -0.1) is 0 Å². The number of aliphatic hydroxyl groups is 1. The Balaban J connectivity index is 2.15. The van der Waals surface area contributed by atoms with Crippen molar-refractivity contribution in [2.45, 2.75) is 63.6 Å². The van der Waals surface area contributed by atoms with Gasteiger partial charge in [0.25, 0.3) is 0 Å². The van der Waals surface area contributed by atoms with Crippen LogP contribution in [0.2, 0.25) is 0 Å². The minimum absolute atomic E-state index is 0.269. The second-order valence-corrected chi connectivity index (χ2v) is 6.72. The van der Waals surface area contributed by atoms with Crippen LogP contribution in [0.3, 0.4) is 0 Å². The van der Waals surface area contributed by atoms with E-state index in [1.165, 1.54) is 25.0 Å². The van der Waals surface area contributed by atoms with Crippen LogP contribution in [0.15, 0.2) is 22.7 Å². The van der Waals surface area contributed by atoms with Gasteiger partial charge >= 0.3 is 0 Å². The van der Waals surface area contributed by atoms with Crippen molar-refractivity contribution in [3.8, 4) is 0 Å². The van der Waals surface area contributed by atoms with Crippen LogP contribution in [0.5, 0.6) is 0 Å². The summed E-state index contributed by atoms with van der Waals surface area (Å²) in [5, 5.41) is 10.8. The number of hydrogen-bond donors (Lipinski definition) is 1. The standard InChI is InChI=1S/C17H24BrFO2/c1-2-21-17(9-5-3-4-6-10-17)16(20)11-13-7-8-14(19)12-15(13)18/h7-8,12,16,20H,2-6,9-11H2,1H3. The predicted molar refractivity (Wildman–Crippen MR) is 85.9 cm³/mol. The first-order chi connectivity index (χ1) is 10.1. The number of halogens is 2. The van der Waals surface area contributed by atoms with E-state index in [2.05, 4.69) is 15.9 Å². The first kappa shape index (κ1) is 16.9. The van der Waals surface area contributed by atoms with Crippen LogP contribution in [-0.4, -0.2) is 23.4 Å². The highest BCUT2D eigenvalue weighted by atomic mass is 79.9. The Kier molecular flexibility index (Phi) is 6.20. The number of hydrogen-bond acceptors (Lipinski definition) is 2. The molecule has 2 rings (SSSR count). The van der Waals surface area contributed by atoms with Crippen molar-refractivity contribution in [2.24, 2.45) is 0 Å². The summed E-state index contributed by atoms with van der Waals surface area (Å²) in [6.45, 7) is 2.59. The lowest BCUT2D eigenvalue weighted by Gasteiger charge is -2.37. The van der Waals surface area contributed by atoms with Crippen molar-refractivity contribution in [1.29, 1.82) is 0 Å². The molecular formula is C17H24BrFO2. The molecule has 2 nitrogen and oxygen atoms in total. The van der Waals surface area contributed by atoms with Crippen LogP contribution in [0.4, 0.5) is 4.39 Å². The molecule has 0 aliphatic heterocycles. The number of rotatable bonds is 5. The average molecular weight is 359 g/mol. The lowest BCUT2D eigenvalue weighted by atomic mass is 9.84. The SMILES string of the molecule is CCOC1(C(O)Cc2ccc(F)cc2Br)CCCCCC1. The quantitative estimate of drug-likeness (QED) is 0.778. The topological polar surface area (TPSA) is 29.5 Å². The minimum atomic E-state index is -0.558. The Morgan fingerprint density at radius 1 is 1.29 bits per heavy atom. The number of ether oxygens (including phenoxy) is 1. The molecule has 0 heterocycles. The van der Waals surface area contributed by atoms with Gasteiger partial charge in [0.1, 0.15) is 5.82 Å². The summed E-state index contributed by atoms with van der Waals surface area (Å²) in [5.41, 5.74) is 0.478. The summed E-state index contributed by atoms with van der Waals surface area (Å²) in [5.74, 6) is -0.269. The Bertz CT molecular complexity index is 456. The number of aliphatic hydroxyl groups excluding tert-OH is 1. The lowest BCUT2D eigenvalue weighted by Crippen LogP contribution is -2.46. The zero-order chi connectivity index (χ0) is 15.3. The monoisotopic (exact) mass is 358 g/mol. The maximum Gasteiger partial charge on any atom is 0.124 e. The molecule has 0 amide bonds. The maximum absolute atomic E-state index is 13.2. The average Bonchev–Trinajstić information content (AvgIpc) is 2.69. The van der Waals surface area contributed by atoms with Gasteiger partial charge in [-0.25, -0.2) is 4.39 Å². The highest BCUT2D eigenvalue weighted by Crippen LogP contribution is 2.35. The lowest BCUT2D eigenvalue weighted by molar-refractivity contribution is -0.128. The van der Waals surface area contributed by atoms with Crippen molar-refractivity contribution >= 4 is 15.9 Å². The van der Waals surface area contributed by atoms with Gasteiger partial charge in [0, 0.05) is 17.5 Å². The first-order valence-corrected chi connectivity index (χ1v) is 8.62. The molecule has 1 aliphatic carbocycles. The van der Waals surface area contributed by atoms with Gasteiger partial charge in [0.05, 0.1) is 11.7 Å². The van der Waals surface area contributed by atoms with Crippen LogP contribution in [0, 0.1) is 5.82 Å². The summed E-state index contributed by atoms with van der Waals surface area (Å²) >= 11 is 3.38. The zero-order valence-corrected chi connectivity index (χ0v) is 14.2. The molecule has 0 spiro atoms. The largest absolute Gasteiger partial charge is 0.390 e. The van der Waals surface area contributed by atoms with E-state index in [0.717, 1.165) is 31.2 Å². The normalized spacial score (nSPS) is 20.0. The van der Waals surface area contributed by atoms with Crippen LogP contribution < -0.4 is 0 Å². The molecule has 1 N–H and O–H groups in total. The van der Waals surface area contributed by atoms with E-state index < -0.39 is 11.7 Å². The molecule has 0 bridgehead atoms. The van der Waals surface area contributed by atoms with Crippen LogP contribution in [0.1, 0.15) is 51.0 Å².